The molecule has 2 rings (SSSR count). The van der Waals surface area contributed by atoms with E-state index in [4.69, 9.17) is 9.47 Å². The van der Waals surface area contributed by atoms with Crippen LogP contribution in [0.15, 0.2) is 48.5 Å². The maximum Gasteiger partial charge on any atom is 0.408 e. The van der Waals surface area contributed by atoms with Crippen LogP contribution in [0.25, 0.3) is 0 Å². The van der Waals surface area contributed by atoms with E-state index in [9.17, 15) is 19.2 Å². The smallest absolute Gasteiger partial charge is 0.408 e. The van der Waals surface area contributed by atoms with E-state index in [0.29, 0.717) is 12.0 Å². The number of likely N-dealkylation sites (N-methyl/N-ethyl adjacent to an activating group) is 1. The number of carbonyl (C=O) groups is 4. The van der Waals surface area contributed by atoms with Crippen molar-refractivity contribution < 1.29 is 28.7 Å². The Morgan fingerprint density at radius 3 is 1.91 bits per heavy atom. The van der Waals surface area contributed by atoms with E-state index in [1.165, 1.54) is 4.90 Å². The summed E-state index contributed by atoms with van der Waals surface area (Å²) in [6.45, 7) is 20.3. The lowest BCUT2D eigenvalue weighted by molar-refractivity contribution is -0.159. The van der Waals surface area contributed by atoms with Gasteiger partial charge in [0.25, 0.3) is 0 Å². The predicted octanol–water partition coefficient (Wildman–Crippen LogP) is 6.20. The lowest BCUT2D eigenvalue weighted by Crippen LogP contribution is -2.55. The largest absolute Gasteiger partial charge is 0.458 e. The minimum absolute atomic E-state index is 0.0592. The third-order valence-electron chi connectivity index (χ3n) is 7.02. The maximum atomic E-state index is 14.3. The Morgan fingerprint density at radius 1 is 0.800 bits per heavy atom. The molecule has 2 N–H and O–H groups in total. The Morgan fingerprint density at radius 2 is 1.40 bits per heavy atom. The molecule has 3 unspecified atom stereocenters. The van der Waals surface area contributed by atoms with Crippen molar-refractivity contribution in [3.05, 3.63) is 70.8 Å². The highest BCUT2D eigenvalue weighted by atomic mass is 16.6. The van der Waals surface area contributed by atoms with Gasteiger partial charge in [0.15, 0.2) is 0 Å². The number of hydrogen-bond acceptors (Lipinski definition) is 6. The summed E-state index contributed by atoms with van der Waals surface area (Å²) in [4.78, 5) is 56.3. The van der Waals surface area contributed by atoms with Gasteiger partial charge in [0, 0.05) is 13.0 Å². The molecule has 2 aromatic carbocycles. The summed E-state index contributed by atoms with van der Waals surface area (Å²) in [7, 11) is 0. The first kappa shape index (κ1) is 37.3. The lowest BCUT2D eigenvalue weighted by Gasteiger charge is -2.35. The lowest BCUT2D eigenvalue weighted by atomic mass is 9.96. The number of rotatable bonds is 12. The first-order chi connectivity index (χ1) is 20.8. The van der Waals surface area contributed by atoms with Crippen LogP contribution in [0.4, 0.5) is 4.79 Å². The van der Waals surface area contributed by atoms with E-state index in [2.05, 4.69) is 10.6 Å². The molecule has 0 radical (unpaired) electrons. The summed E-state index contributed by atoms with van der Waals surface area (Å²) in [5, 5.41) is 5.67. The molecule has 248 valence electrons. The summed E-state index contributed by atoms with van der Waals surface area (Å²) < 4.78 is 11.2. The summed E-state index contributed by atoms with van der Waals surface area (Å²) in [5.41, 5.74) is 1.90. The SMILES string of the molecule is CCN(C(=O)C(CC(C)C)NC(=O)OC(C)(C)C)C(C(=O)NC(Cc1ccccc1)C(=O)OC(C)(C)C)c1ccc(C)c(C)c1. The fourth-order valence-corrected chi connectivity index (χ4v) is 4.88. The van der Waals surface area contributed by atoms with E-state index in [1.807, 2.05) is 76.2 Å². The van der Waals surface area contributed by atoms with Crippen LogP contribution in [-0.2, 0) is 30.3 Å². The molecule has 9 nitrogen and oxygen atoms in total. The Labute approximate surface area is 269 Å². The van der Waals surface area contributed by atoms with Crippen LogP contribution < -0.4 is 10.6 Å². The highest BCUT2D eigenvalue weighted by molar-refractivity contribution is 5.94. The number of alkyl carbamates (subject to hydrolysis) is 1. The van der Waals surface area contributed by atoms with Gasteiger partial charge in [-0.2, -0.15) is 0 Å². The maximum absolute atomic E-state index is 14.3. The predicted molar refractivity (Wildman–Crippen MR) is 177 cm³/mol. The first-order valence-electron chi connectivity index (χ1n) is 15.8. The highest BCUT2D eigenvalue weighted by Crippen LogP contribution is 2.26. The second-order valence-corrected chi connectivity index (χ2v) is 14.0. The first-order valence-corrected chi connectivity index (χ1v) is 15.8. The van der Waals surface area contributed by atoms with Gasteiger partial charge in [-0.3, -0.25) is 9.59 Å². The van der Waals surface area contributed by atoms with E-state index in [0.717, 1.165) is 16.7 Å². The molecule has 0 saturated carbocycles. The molecule has 0 heterocycles. The molecule has 3 atom stereocenters. The number of amides is 3. The summed E-state index contributed by atoms with van der Waals surface area (Å²) in [6.07, 6.45) is -0.167. The number of esters is 1. The number of ether oxygens (including phenoxy) is 2. The Hall–Kier alpha value is -3.88. The molecule has 0 aliphatic carbocycles. The van der Waals surface area contributed by atoms with Gasteiger partial charge in [-0.05, 0) is 96.9 Å². The van der Waals surface area contributed by atoms with Crippen LogP contribution >= 0.6 is 0 Å². The van der Waals surface area contributed by atoms with E-state index >= 15 is 0 Å². The molecule has 0 spiro atoms. The minimum Gasteiger partial charge on any atom is -0.458 e. The molecule has 0 aliphatic heterocycles. The zero-order valence-corrected chi connectivity index (χ0v) is 28.9. The summed E-state index contributed by atoms with van der Waals surface area (Å²) >= 11 is 0. The van der Waals surface area contributed by atoms with Crippen LogP contribution in [0, 0.1) is 19.8 Å². The molecule has 0 saturated heterocycles. The molecule has 0 aromatic heterocycles. The second kappa shape index (κ2) is 15.9. The van der Waals surface area contributed by atoms with Crippen molar-refractivity contribution in [3.63, 3.8) is 0 Å². The Bertz CT molecular complexity index is 1310. The average molecular weight is 624 g/mol. The number of nitrogens with zero attached hydrogens (tertiary/aromatic N) is 1. The molecule has 0 fully saturated rings. The Kier molecular flexibility index (Phi) is 13.2. The number of aryl methyl sites for hydroxylation is 2. The summed E-state index contributed by atoms with van der Waals surface area (Å²) in [6, 6.07) is 12.0. The van der Waals surface area contributed by atoms with Gasteiger partial charge >= 0.3 is 12.1 Å². The molecule has 3 amide bonds. The van der Waals surface area contributed by atoms with Gasteiger partial charge in [0.05, 0.1) is 0 Å². The zero-order valence-electron chi connectivity index (χ0n) is 28.9. The summed E-state index contributed by atoms with van der Waals surface area (Å²) in [5.74, 6) is -1.46. The van der Waals surface area contributed by atoms with Gasteiger partial charge in [0.2, 0.25) is 11.8 Å². The normalized spacial score (nSPS) is 13.8. The minimum atomic E-state index is -1.09. The number of hydrogen-bond donors (Lipinski definition) is 2. The van der Waals surface area contributed by atoms with Crippen LogP contribution in [-0.4, -0.2) is 58.6 Å². The molecule has 0 bridgehead atoms. The van der Waals surface area contributed by atoms with Crippen molar-refractivity contribution in [2.75, 3.05) is 6.54 Å². The van der Waals surface area contributed by atoms with E-state index in [1.54, 1.807) is 48.5 Å². The van der Waals surface area contributed by atoms with Crippen LogP contribution in [0.1, 0.15) is 97.0 Å². The topological polar surface area (TPSA) is 114 Å². The third kappa shape index (κ3) is 12.2. The van der Waals surface area contributed by atoms with E-state index in [-0.39, 0.29) is 18.9 Å². The van der Waals surface area contributed by atoms with Crippen molar-refractivity contribution in [2.45, 2.75) is 118 Å². The molecule has 9 heteroatoms. The van der Waals surface area contributed by atoms with Gasteiger partial charge in [-0.15, -0.1) is 0 Å². The van der Waals surface area contributed by atoms with E-state index < -0.39 is 53.2 Å². The number of carbonyl (C=O) groups excluding carboxylic acids is 4. The van der Waals surface area contributed by atoms with Crippen molar-refractivity contribution >= 4 is 23.9 Å². The average Bonchev–Trinajstić information content (AvgIpc) is 2.90. The quantitative estimate of drug-likeness (QED) is 0.272. The van der Waals surface area contributed by atoms with Gasteiger partial charge in [0.1, 0.15) is 29.3 Å². The third-order valence-corrected chi connectivity index (χ3v) is 7.02. The molecular formula is C36H53N3O6. The van der Waals surface area contributed by atoms with Crippen molar-refractivity contribution in [2.24, 2.45) is 5.92 Å². The fraction of sp³-hybridized carbons (Fsp3) is 0.556. The molecule has 2 aromatic rings. The van der Waals surface area contributed by atoms with Gasteiger partial charge in [-0.1, -0.05) is 62.4 Å². The highest BCUT2D eigenvalue weighted by Gasteiger charge is 2.38. The van der Waals surface area contributed by atoms with Gasteiger partial charge < -0.3 is 25.0 Å². The zero-order chi connectivity index (χ0) is 34.1. The molecule has 45 heavy (non-hydrogen) atoms. The Balaban J connectivity index is 2.57. The van der Waals surface area contributed by atoms with Crippen molar-refractivity contribution in [3.8, 4) is 0 Å². The number of benzene rings is 2. The number of nitrogens with one attached hydrogen (secondary N) is 2. The molecule has 0 aliphatic rings. The van der Waals surface area contributed by atoms with Gasteiger partial charge in [-0.25, -0.2) is 9.59 Å². The van der Waals surface area contributed by atoms with Crippen LogP contribution in [0.2, 0.25) is 0 Å². The fourth-order valence-electron chi connectivity index (χ4n) is 4.88. The second-order valence-electron chi connectivity index (χ2n) is 14.0. The van der Waals surface area contributed by atoms with Crippen molar-refractivity contribution in [1.82, 2.24) is 15.5 Å². The van der Waals surface area contributed by atoms with Crippen LogP contribution in [0.3, 0.4) is 0 Å². The van der Waals surface area contributed by atoms with Crippen LogP contribution in [0.5, 0.6) is 0 Å². The van der Waals surface area contributed by atoms with Crippen molar-refractivity contribution in [1.29, 1.82) is 0 Å². The molecular weight excluding hydrogens is 570 g/mol. The monoisotopic (exact) mass is 623 g/mol. The standard InChI is InChI=1S/C36H53N3O6/c1-12-39(32(41)28(20-23(2)3)38-34(43)45-36(9,10)11)30(27-19-18-24(4)25(5)21-27)31(40)37-29(33(42)44-35(6,7)8)22-26-16-14-13-15-17-26/h13-19,21,23,28-30H,12,20,22H2,1-11H3,(H,37,40)(H,38,43).